The number of hydrogen-bond acceptors (Lipinski definition) is 4. The number of anilines is 1. The summed E-state index contributed by atoms with van der Waals surface area (Å²) in [6.07, 6.45) is 1.60. The van der Waals surface area contributed by atoms with Crippen LogP contribution in [-0.4, -0.2) is 17.4 Å². The zero-order chi connectivity index (χ0) is 14.5. The van der Waals surface area contributed by atoms with Crippen molar-refractivity contribution in [3.05, 3.63) is 45.4 Å². The molecule has 0 aliphatic rings. The van der Waals surface area contributed by atoms with Gasteiger partial charge in [0.05, 0.1) is 17.6 Å². The number of carbonyl (C=O) groups is 1. The summed E-state index contributed by atoms with van der Waals surface area (Å²) in [5.41, 5.74) is 6.72. The zero-order valence-corrected chi connectivity index (χ0v) is 12.3. The van der Waals surface area contributed by atoms with Gasteiger partial charge in [0.15, 0.2) is 5.13 Å². The molecule has 0 radical (unpaired) electrons. The normalized spacial score (nSPS) is 9.75. The molecule has 0 aliphatic heterocycles. The third kappa shape index (κ3) is 3.81. The summed E-state index contributed by atoms with van der Waals surface area (Å²) in [5, 5.41) is 3.75. The molecule has 20 heavy (non-hydrogen) atoms. The van der Waals surface area contributed by atoms with Gasteiger partial charge in [0.1, 0.15) is 0 Å². The van der Waals surface area contributed by atoms with Crippen LogP contribution in [0.15, 0.2) is 24.4 Å². The van der Waals surface area contributed by atoms with Crippen LogP contribution in [0.5, 0.6) is 0 Å². The molecule has 2 aromatic rings. The Labute approximate surface area is 126 Å². The van der Waals surface area contributed by atoms with Crippen molar-refractivity contribution < 1.29 is 4.79 Å². The molecule has 0 saturated heterocycles. The molecule has 0 atom stereocenters. The SMILES string of the molecule is Cc1cc(Cl)cc(C(=O)Nc2ncc(C#CCN)s2)c1. The number of rotatable bonds is 2. The molecule has 0 spiro atoms. The second-order valence-electron chi connectivity index (χ2n) is 4.01. The van der Waals surface area contributed by atoms with Gasteiger partial charge in [0.25, 0.3) is 5.91 Å². The third-order valence-electron chi connectivity index (χ3n) is 2.34. The second kappa shape index (κ2) is 6.53. The molecule has 1 aromatic carbocycles. The standard InChI is InChI=1S/C14H12ClN3OS/c1-9-5-10(7-11(15)6-9)13(19)18-14-17-8-12(20-14)3-2-4-16/h5-8H,4,16H2,1H3,(H,17,18,19). The minimum atomic E-state index is -0.247. The predicted octanol–water partition coefficient (Wildman–Crippen LogP) is 2.67. The van der Waals surface area contributed by atoms with Crippen molar-refractivity contribution in [3.63, 3.8) is 0 Å². The number of nitrogens with zero attached hydrogens (tertiary/aromatic N) is 1. The number of carbonyl (C=O) groups excluding carboxylic acids is 1. The van der Waals surface area contributed by atoms with Crippen LogP contribution in [0.1, 0.15) is 20.8 Å². The van der Waals surface area contributed by atoms with Gasteiger partial charge in [-0.2, -0.15) is 0 Å². The lowest BCUT2D eigenvalue weighted by Crippen LogP contribution is -2.11. The van der Waals surface area contributed by atoms with E-state index >= 15 is 0 Å². The fraction of sp³-hybridized carbons (Fsp3) is 0.143. The van der Waals surface area contributed by atoms with Crippen molar-refractivity contribution in [1.82, 2.24) is 4.98 Å². The van der Waals surface area contributed by atoms with Crippen LogP contribution in [-0.2, 0) is 0 Å². The van der Waals surface area contributed by atoms with Crippen molar-refractivity contribution in [2.24, 2.45) is 5.73 Å². The third-order valence-corrected chi connectivity index (χ3v) is 3.39. The minimum Gasteiger partial charge on any atom is -0.320 e. The van der Waals surface area contributed by atoms with Crippen LogP contribution in [0.4, 0.5) is 5.13 Å². The number of thiazole rings is 1. The van der Waals surface area contributed by atoms with Gasteiger partial charge in [-0.15, -0.1) is 0 Å². The van der Waals surface area contributed by atoms with Crippen molar-refractivity contribution in [2.75, 3.05) is 11.9 Å². The molecule has 0 fully saturated rings. The summed E-state index contributed by atoms with van der Waals surface area (Å²) in [5.74, 6) is 5.35. The molecule has 1 aromatic heterocycles. The Morgan fingerprint density at radius 3 is 3.00 bits per heavy atom. The number of aromatic nitrogens is 1. The van der Waals surface area contributed by atoms with Gasteiger partial charge < -0.3 is 5.73 Å². The topological polar surface area (TPSA) is 68.0 Å². The van der Waals surface area contributed by atoms with Crippen LogP contribution in [0.3, 0.4) is 0 Å². The minimum absolute atomic E-state index is 0.247. The number of aryl methyl sites for hydroxylation is 1. The number of halogens is 1. The number of nitrogens with two attached hydrogens (primary N) is 1. The summed E-state index contributed by atoms with van der Waals surface area (Å²) < 4.78 is 0. The summed E-state index contributed by atoms with van der Waals surface area (Å²) in [4.78, 5) is 16.9. The molecular weight excluding hydrogens is 294 g/mol. The first-order chi connectivity index (χ1) is 9.58. The summed E-state index contributed by atoms with van der Waals surface area (Å²) in [7, 11) is 0. The van der Waals surface area contributed by atoms with E-state index in [1.165, 1.54) is 11.3 Å². The monoisotopic (exact) mass is 305 g/mol. The first kappa shape index (κ1) is 14.5. The first-order valence-corrected chi connectivity index (χ1v) is 7.01. The molecule has 0 saturated carbocycles. The van der Waals surface area contributed by atoms with Crippen molar-refractivity contribution in [3.8, 4) is 11.8 Å². The maximum atomic E-state index is 12.1. The van der Waals surface area contributed by atoms with E-state index in [0.717, 1.165) is 10.4 Å². The summed E-state index contributed by atoms with van der Waals surface area (Å²) in [6.45, 7) is 2.17. The molecule has 6 heteroatoms. The average Bonchev–Trinajstić information content (AvgIpc) is 2.82. The number of benzene rings is 1. The maximum Gasteiger partial charge on any atom is 0.257 e. The number of nitrogens with one attached hydrogen (secondary N) is 1. The maximum absolute atomic E-state index is 12.1. The Morgan fingerprint density at radius 2 is 2.30 bits per heavy atom. The molecule has 102 valence electrons. The van der Waals surface area contributed by atoms with Gasteiger partial charge in [-0.3, -0.25) is 10.1 Å². The van der Waals surface area contributed by atoms with E-state index in [1.54, 1.807) is 24.4 Å². The van der Waals surface area contributed by atoms with Crippen LogP contribution >= 0.6 is 22.9 Å². The molecule has 0 unspecified atom stereocenters. The van der Waals surface area contributed by atoms with E-state index in [1.807, 2.05) is 6.92 Å². The van der Waals surface area contributed by atoms with Gasteiger partial charge in [-0.05, 0) is 30.7 Å². The second-order valence-corrected chi connectivity index (χ2v) is 5.47. The first-order valence-electron chi connectivity index (χ1n) is 5.82. The molecular formula is C14H12ClN3OS. The highest BCUT2D eigenvalue weighted by Gasteiger charge is 2.10. The number of amides is 1. The quantitative estimate of drug-likeness (QED) is 0.838. The molecule has 0 bridgehead atoms. The lowest BCUT2D eigenvalue weighted by Gasteiger charge is -2.03. The van der Waals surface area contributed by atoms with Gasteiger partial charge >= 0.3 is 0 Å². The Hall–Kier alpha value is -1.87. The van der Waals surface area contributed by atoms with Gasteiger partial charge in [0, 0.05) is 10.6 Å². The molecule has 1 heterocycles. The molecule has 0 aliphatic carbocycles. The molecule has 4 nitrogen and oxygen atoms in total. The Morgan fingerprint density at radius 1 is 1.50 bits per heavy atom. The smallest absolute Gasteiger partial charge is 0.257 e. The van der Waals surface area contributed by atoms with Crippen LogP contribution in [0.2, 0.25) is 5.02 Å². The zero-order valence-electron chi connectivity index (χ0n) is 10.7. The predicted molar refractivity (Wildman–Crippen MR) is 82.2 cm³/mol. The Kier molecular flexibility index (Phi) is 4.74. The largest absolute Gasteiger partial charge is 0.320 e. The van der Waals surface area contributed by atoms with Crippen LogP contribution in [0, 0.1) is 18.8 Å². The van der Waals surface area contributed by atoms with E-state index in [9.17, 15) is 4.79 Å². The lowest BCUT2D eigenvalue weighted by atomic mass is 10.1. The summed E-state index contributed by atoms with van der Waals surface area (Å²) >= 11 is 7.23. The number of hydrogen-bond donors (Lipinski definition) is 2. The fourth-order valence-electron chi connectivity index (χ4n) is 1.56. The van der Waals surface area contributed by atoms with Crippen molar-refractivity contribution in [1.29, 1.82) is 0 Å². The van der Waals surface area contributed by atoms with E-state index in [2.05, 4.69) is 22.1 Å². The van der Waals surface area contributed by atoms with Gasteiger partial charge in [-0.1, -0.05) is 34.8 Å². The fourth-order valence-corrected chi connectivity index (χ4v) is 2.54. The molecule has 2 rings (SSSR count). The van der Waals surface area contributed by atoms with Gasteiger partial charge in [0.2, 0.25) is 0 Å². The van der Waals surface area contributed by atoms with Crippen LogP contribution < -0.4 is 11.1 Å². The summed E-state index contributed by atoms with van der Waals surface area (Å²) in [6, 6.07) is 5.18. The van der Waals surface area contributed by atoms with Crippen molar-refractivity contribution in [2.45, 2.75) is 6.92 Å². The highest BCUT2D eigenvalue weighted by Crippen LogP contribution is 2.19. The van der Waals surface area contributed by atoms with Gasteiger partial charge in [-0.25, -0.2) is 4.98 Å². The van der Waals surface area contributed by atoms with E-state index < -0.39 is 0 Å². The van der Waals surface area contributed by atoms with E-state index in [0.29, 0.717) is 22.3 Å². The highest BCUT2D eigenvalue weighted by atomic mass is 35.5. The average molecular weight is 306 g/mol. The van der Waals surface area contributed by atoms with Crippen LogP contribution in [0.25, 0.3) is 0 Å². The molecule has 3 N–H and O–H groups in total. The van der Waals surface area contributed by atoms with E-state index in [4.69, 9.17) is 17.3 Å². The highest BCUT2D eigenvalue weighted by molar-refractivity contribution is 7.16. The lowest BCUT2D eigenvalue weighted by molar-refractivity contribution is 0.102. The van der Waals surface area contributed by atoms with E-state index in [-0.39, 0.29) is 5.91 Å². The Bertz CT molecular complexity index is 680. The van der Waals surface area contributed by atoms with Crippen molar-refractivity contribution >= 4 is 34.0 Å². The molecule has 1 amide bonds. The Balaban J connectivity index is 2.13.